The van der Waals surface area contributed by atoms with E-state index in [0.29, 0.717) is 23.8 Å². The second-order valence-electron chi connectivity index (χ2n) is 4.41. The van der Waals surface area contributed by atoms with Crippen molar-refractivity contribution in [2.24, 2.45) is 0 Å². The number of oxazole rings is 1. The topological polar surface area (TPSA) is 74.7 Å². The summed E-state index contributed by atoms with van der Waals surface area (Å²) >= 11 is 0. The number of nitrogens with one attached hydrogen (secondary N) is 1. The fraction of sp³-hybridized carbons (Fsp3) is 0.133. The van der Waals surface area contributed by atoms with Crippen LogP contribution in [0.4, 0.5) is 5.82 Å². The number of hydrogen-bond acceptors (Lipinski definition) is 5. The minimum atomic E-state index is 0.397. The Bertz CT molecular complexity index is 801. The van der Waals surface area contributed by atoms with Crippen molar-refractivity contribution >= 4 is 16.7 Å². The van der Waals surface area contributed by atoms with Crippen LogP contribution in [-0.2, 0) is 6.54 Å². The van der Waals surface area contributed by atoms with E-state index in [1.807, 2.05) is 37.3 Å². The lowest BCUT2D eigenvalue weighted by molar-refractivity contribution is 0.479. The van der Waals surface area contributed by atoms with Gasteiger partial charge in [0.1, 0.15) is 17.6 Å². The lowest BCUT2D eigenvalue weighted by Crippen LogP contribution is -2.04. The maximum Gasteiger partial charge on any atom is 0.213 e. The summed E-state index contributed by atoms with van der Waals surface area (Å²) in [6.45, 7) is 2.24. The van der Waals surface area contributed by atoms with E-state index in [2.05, 4.69) is 21.4 Å². The third-order valence-corrected chi connectivity index (χ3v) is 2.92. The number of fused-ring (bicyclic) bond motifs is 1. The third-order valence-electron chi connectivity index (χ3n) is 2.92. The van der Waals surface area contributed by atoms with Gasteiger partial charge in [0.05, 0.1) is 23.8 Å². The monoisotopic (exact) mass is 264 g/mol. The van der Waals surface area contributed by atoms with Crippen LogP contribution in [0.3, 0.4) is 0 Å². The number of pyridine rings is 1. The fourth-order valence-corrected chi connectivity index (χ4v) is 1.98. The zero-order valence-corrected chi connectivity index (χ0v) is 10.9. The van der Waals surface area contributed by atoms with Crippen LogP contribution in [0.25, 0.3) is 10.9 Å². The van der Waals surface area contributed by atoms with Gasteiger partial charge in [-0.15, -0.1) is 0 Å². The molecule has 1 aromatic carbocycles. The van der Waals surface area contributed by atoms with Crippen LogP contribution >= 0.6 is 0 Å². The highest BCUT2D eigenvalue weighted by atomic mass is 16.4. The summed E-state index contributed by atoms with van der Waals surface area (Å²) < 4.78 is 5.38. The highest BCUT2D eigenvalue weighted by molar-refractivity contribution is 5.82. The fourth-order valence-electron chi connectivity index (χ4n) is 1.98. The summed E-state index contributed by atoms with van der Waals surface area (Å²) in [6, 6.07) is 11.7. The Hall–Kier alpha value is -2.87. The summed E-state index contributed by atoms with van der Waals surface area (Å²) in [5.41, 5.74) is 1.35. The van der Waals surface area contributed by atoms with Crippen LogP contribution in [0.15, 0.2) is 40.9 Å². The van der Waals surface area contributed by atoms with E-state index in [4.69, 9.17) is 4.42 Å². The molecule has 0 radical (unpaired) electrons. The Labute approximate surface area is 115 Å². The molecule has 0 aliphatic rings. The van der Waals surface area contributed by atoms with Gasteiger partial charge in [0, 0.05) is 5.39 Å². The largest absolute Gasteiger partial charge is 0.444 e. The van der Waals surface area contributed by atoms with Gasteiger partial charge in [-0.3, -0.25) is 0 Å². The van der Waals surface area contributed by atoms with Crippen LogP contribution in [0, 0.1) is 18.3 Å². The molecule has 5 nitrogen and oxygen atoms in total. The zero-order chi connectivity index (χ0) is 13.9. The maximum atomic E-state index is 9.21. The summed E-state index contributed by atoms with van der Waals surface area (Å²) in [5.74, 6) is 1.87. The number of nitriles is 1. The van der Waals surface area contributed by atoms with Gasteiger partial charge in [-0.2, -0.15) is 5.26 Å². The van der Waals surface area contributed by atoms with Crippen molar-refractivity contribution in [1.82, 2.24) is 9.97 Å². The average Bonchev–Trinajstić information content (AvgIpc) is 2.89. The van der Waals surface area contributed by atoms with Gasteiger partial charge in [-0.05, 0) is 19.1 Å². The van der Waals surface area contributed by atoms with Gasteiger partial charge in [0.25, 0.3) is 0 Å². The second kappa shape index (κ2) is 5.02. The Morgan fingerprint density at radius 3 is 2.95 bits per heavy atom. The van der Waals surface area contributed by atoms with Crippen molar-refractivity contribution < 1.29 is 4.42 Å². The summed E-state index contributed by atoms with van der Waals surface area (Å²) in [7, 11) is 0. The molecule has 0 amide bonds. The molecule has 3 rings (SSSR count). The number of rotatable bonds is 3. The minimum Gasteiger partial charge on any atom is -0.444 e. The molecule has 0 bridgehead atoms. The quantitative estimate of drug-likeness (QED) is 0.787. The Kier molecular flexibility index (Phi) is 3.05. The number of nitrogens with zero attached hydrogens (tertiary/aromatic N) is 3. The molecule has 0 atom stereocenters. The molecule has 0 spiro atoms. The molecule has 0 aliphatic heterocycles. The molecule has 20 heavy (non-hydrogen) atoms. The average molecular weight is 264 g/mol. The van der Waals surface area contributed by atoms with Gasteiger partial charge in [-0.1, -0.05) is 18.2 Å². The van der Waals surface area contributed by atoms with E-state index in [0.717, 1.165) is 16.7 Å². The molecule has 1 N–H and O–H groups in total. The van der Waals surface area contributed by atoms with E-state index in [-0.39, 0.29) is 0 Å². The molecule has 5 heteroatoms. The zero-order valence-electron chi connectivity index (χ0n) is 10.9. The van der Waals surface area contributed by atoms with E-state index in [9.17, 15) is 5.26 Å². The first kappa shape index (κ1) is 12.2. The lowest BCUT2D eigenvalue weighted by Gasteiger charge is -2.07. The van der Waals surface area contributed by atoms with Crippen molar-refractivity contribution in [2.45, 2.75) is 13.5 Å². The van der Waals surface area contributed by atoms with Crippen LogP contribution in [0.2, 0.25) is 0 Å². The molecule has 0 saturated heterocycles. The van der Waals surface area contributed by atoms with Crippen LogP contribution in [0.5, 0.6) is 0 Å². The van der Waals surface area contributed by atoms with Gasteiger partial charge in [0.2, 0.25) is 5.89 Å². The van der Waals surface area contributed by atoms with Crippen LogP contribution in [-0.4, -0.2) is 9.97 Å². The number of benzene rings is 1. The molecule has 0 saturated carbocycles. The van der Waals surface area contributed by atoms with Crippen molar-refractivity contribution in [1.29, 1.82) is 5.26 Å². The predicted molar refractivity (Wildman–Crippen MR) is 75.0 cm³/mol. The predicted octanol–water partition coefficient (Wildman–Crippen LogP) is 3.02. The number of aromatic nitrogens is 2. The van der Waals surface area contributed by atoms with E-state index in [1.165, 1.54) is 0 Å². The highest BCUT2D eigenvalue weighted by Crippen LogP contribution is 2.20. The van der Waals surface area contributed by atoms with E-state index >= 15 is 0 Å². The van der Waals surface area contributed by atoms with Crippen molar-refractivity contribution in [3.05, 3.63) is 53.7 Å². The number of anilines is 1. The van der Waals surface area contributed by atoms with Gasteiger partial charge in [0.15, 0.2) is 0 Å². The molecular formula is C15H12N4O. The Balaban J connectivity index is 1.92. The summed E-state index contributed by atoms with van der Waals surface area (Å²) in [4.78, 5) is 8.57. The normalized spacial score (nSPS) is 10.4. The highest BCUT2D eigenvalue weighted by Gasteiger charge is 2.07. The van der Waals surface area contributed by atoms with Crippen molar-refractivity contribution in [2.75, 3.05) is 5.32 Å². The number of hydrogen-bond donors (Lipinski definition) is 1. The Morgan fingerprint density at radius 2 is 2.20 bits per heavy atom. The van der Waals surface area contributed by atoms with Gasteiger partial charge >= 0.3 is 0 Å². The van der Waals surface area contributed by atoms with Crippen molar-refractivity contribution in [3.8, 4) is 6.07 Å². The number of para-hydroxylation sites is 1. The smallest absolute Gasteiger partial charge is 0.213 e. The van der Waals surface area contributed by atoms with Gasteiger partial charge in [-0.25, -0.2) is 9.97 Å². The van der Waals surface area contributed by atoms with E-state index < -0.39 is 0 Å². The molecule has 0 aliphatic carbocycles. The molecular weight excluding hydrogens is 252 g/mol. The van der Waals surface area contributed by atoms with E-state index in [1.54, 1.807) is 6.20 Å². The first-order chi connectivity index (χ1) is 9.76. The number of aryl methyl sites for hydroxylation is 1. The molecule has 0 fully saturated rings. The molecule has 98 valence electrons. The van der Waals surface area contributed by atoms with Gasteiger partial charge < -0.3 is 9.73 Å². The molecule has 2 aromatic heterocycles. The SMILES string of the molecule is Cc1cnc(CNc2nc3ccccc3cc2C#N)o1. The summed E-state index contributed by atoms with van der Waals surface area (Å²) in [5, 5.41) is 13.3. The standard InChI is InChI=1S/C15H12N4O/c1-10-8-17-14(20-10)9-18-15-12(7-16)6-11-4-2-3-5-13(11)19-15/h2-6,8H,9H2,1H3,(H,18,19). The molecule has 3 aromatic rings. The Morgan fingerprint density at radius 1 is 1.35 bits per heavy atom. The second-order valence-corrected chi connectivity index (χ2v) is 4.41. The minimum absolute atomic E-state index is 0.397. The molecule has 2 heterocycles. The van der Waals surface area contributed by atoms with Crippen molar-refractivity contribution in [3.63, 3.8) is 0 Å². The first-order valence-electron chi connectivity index (χ1n) is 6.21. The lowest BCUT2D eigenvalue weighted by atomic mass is 10.1. The van der Waals surface area contributed by atoms with Crippen LogP contribution in [0.1, 0.15) is 17.2 Å². The third kappa shape index (κ3) is 2.31. The van der Waals surface area contributed by atoms with Crippen LogP contribution < -0.4 is 5.32 Å². The maximum absolute atomic E-state index is 9.21. The summed E-state index contributed by atoms with van der Waals surface area (Å²) in [6.07, 6.45) is 1.66. The first-order valence-corrected chi connectivity index (χ1v) is 6.21. The molecule has 0 unspecified atom stereocenters.